The molecule has 3 amide bonds. The van der Waals surface area contributed by atoms with Crippen molar-refractivity contribution in [3.8, 4) is 58.2 Å². The van der Waals surface area contributed by atoms with E-state index in [1.807, 2.05) is 4.90 Å². The molecule has 0 radical (unpaired) electrons. The zero-order valence-corrected chi connectivity index (χ0v) is 46.1. The molecule has 15 rings (SSSR count). The number of cyclic esters (lactones) is 1. The van der Waals surface area contributed by atoms with Gasteiger partial charge in [-0.3, -0.25) is 24.3 Å². The van der Waals surface area contributed by atoms with Gasteiger partial charge in [-0.1, -0.05) is 25.5 Å². The molecule has 12 heterocycles. The molecule has 7 aromatic rings. The van der Waals surface area contributed by atoms with Crippen LogP contribution in [0.1, 0.15) is 66.8 Å². The summed E-state index contributed by atoms with van der Waals surface area (Å²) in [6.45, 7) is 5.60. The van der Waals surface area contributed by atoms with Crippen LogP contribution < -0.4 is 35.3 Å². The number of esters is 1. The number of carbonyl (C=O) groups is 4. The highest BCUT2D eigenvalue weighted by molar-refractivity contribution is 6.03. The highest BCUT2D eigenvalue weighted by Crippen LogP contribution is 2.46. The highest BCUT2D eigenvalue weighted by Gasteiger charge is 2.51. The average Bonchev–Trinajstić information content (AvgIpc) is 1.39. The van der Waals surface area contributed by atoms with E-state index in [1.165, 1.54) is 29.0 Å². The standard InChI is InChI=1S/C61H53F3N10O12/c1-4-35-43(63)8-7-30-11-34(75)13-37(49(30)35)52-50(64)53-39(19-66-52)54(70-58(69-53)84-27-60-9-6-10-72(60)21-31(62)17-60)71-22-32-12-33(23-71)74(32)55(77)29(3)25-83-59(80)67-20-48(76)65-18-38-36-14-46-47(86-28-85-46)16-44(36)68-51-40(38)24-73-45(51)15-42-41(56(73)78)26-82-57(79)61(42,81)5-2/h1,7-8,11,13-16,19,31-33,75,81H,3,5-6,9-10,12,17-18,20-28H2,2H3,(H,65,76)(H,67,80). The number of pyridine rings is 3. The molecule has 5 unspecified atom stereocenters. The van der Waals surface area contributed by atoms with Crippen molar-refractivity contribution in [2.75, 3.05) is 57.6 Å². The summed E-state index contributed by atoms with van der Waals surface area (Å²) in [6, 6.07) is 9.27. The number of nitrogens with zero attached hydrogens (tertiary/aromatic N) is 8. The second-order valence-electron chi connectivity index (χ2n) is 22.7. The summed E-state index contributed by atoms with van der Waals surface area (Å²) in [5.74, 6) is -0.335. The van der Waals surface area contributed by atoms with Crippen LogP contribution in [0.4, 0.5) is 23.8 Å². The van der Waals surface area contributed by atoms with E-state index < -0.39 is 71.5 Å². The first kappa shape index (κ1) is 54.4. The summed E-state index contributed by atoms with van der Waals surface area (Å²) in [6.07, 6.45) is 7.47. The first-order chi connectivity index (χ1) is 41.4. The van der Waals surface area contributed by atoms with Gasteiger partial charge in [0.2, 0.25) is 12.7 Å². The molecule has 25 heteroatoms. The molecule has 5 fully saturated rings. The summed E-state index contributed by atoms with van der Waals surface area (Å²) in [7, 11) is 0. The molecule has 8 aliphatic rings. The number of carbonyl (C=O) groups excluding carboxylic acids is 4. The number of rotatable bonds is 13. The van der Waals surface area contributed by atoms with E-state index in [1.54, 1.807) is 30.0 Å². The second-order valence-corrected chi connectivity index (χ2v) is 22.7. The lowest BCUT2D eigenvalue weighted by atomic mass is 9.86. The minimum Gasteiger partial charge on any atom is -0.508 e. The highest BCUT2D eigenvalue weighted by atomic mass is 19.1. The Morgan fingerprint density at radius 1 is 0.977 bits per heavy atom. The van der Waals surface area contributed by atoms with Crippen molar-refractivity contribution in [2.45, 2.75) is 88.1 Å². The van der Waals surface area contributed by atoms with Crippen molar-refractivity contribution >= 4 is 62.3 Å². The molecule has 0 spiro atoms. The lowest BCUT2D eigenvalue weighted by Gasteiger charge is -2.56. The number of halogens is 3. The SMILES string of the molecule is C#Cc1c(F)ccc2cc(O)cc(-c3ncc4c(N5CC6CC(C5)N6C(=O)C(=C)COC(=O)NCC(=O)NCc5c6c(nc7cc8c(cc57)OCO8)-c5cc7c(c(=O)n5C6)COC(=O)C7(O)CC)nc(OCC56CCCN5CC(F)C6)nc4c3F)c12. The molecule has 2 bridgehead atoms. The third-order valence-corrected chi connectivity index (χ3v) is 17.9. The van der Waals surface area contributed by atoms with E-state index in [9.17, 15) is 38.6 Å². The number of alkyl carbamates (subject to hydrolysis) is 1. The normalized spacial score (nSPS) is 22.2. The molecule has 3 aromatic carbocycles. The molecule has 4 N–H and O–H groups in total. The number of hydrogen-bond donors (Lipinski definition) is 4. The number of hydrogen-bond acceptors (Lipinski definition) is 18. The van der Waals surface area contributed by atoms with Crippen molar-refractivity contribution in [3.63, 3.8) is 0 Å². The molecule has 0 saturated carbocycles. The molecule has 440 valence electrons. The smallest absolute Gasteiger partial charge is 0.407 e. The second kappa shape index (κ2) is 20.3. The van der Waals surface area contributed by atoms with Gasteiger partial charge in [0.05, 0.1) is 57.6 Å². The number of benzene rings is 3. The lowest BCUT2D eigenvalue weighted by molar-refractivity contribution is -0.172. The minimum atomic E-state index is -2.04. The predicted octanol–water partition coefficient (Wildman–Crippen LogP) is 5.28. The fourth-order valence-electron chi connectivity index (χ4n) is 13.6. The van der Waals surface area contributed by atoms with E-state index in [-0.39, 0.29) is 145 Å². The van der Waals surface area contributed by atoms with Crippen LogP contribution in [0.2, 0.25) is 0 Å². The Labute approximate surface area is 486 Å². The minimum absolute atomic E-state index is 0.0166. The van der Waals surface area contributed by atoms with Crippen molar-refractivity contribution in [2.24, 2.45) is 0 Å². The summed E-state index contributed by atoms with van der Waals surface area (Å²) in [5, 5.41) is 28.7. The van der Waals surface area contributed by atoms with Crippen LogP contribution in [0, 0.1) is 24.0 Å². The topological polar surface area (TPSA) is 262 Å². The number of nitrogens with one attached hydrogen (secondary N) is 2. The van der Waals surface area contributed by atoms with Crippen LogP contribution in [-0.4, -0.2) is 145 Å². The zero-order chi connectivity index (χ0) is 59.7. The Bertz CT molecular complexity index is 4280. The van der Waals surface area contributed by atoms with Gasteiger partial charge in [-0.25, -0.2) is 27.7 Å². The third-order valence-electron chi connectivity index (χ3n) is 17.9. The first-order valence-electron chi connectivity index (χ1n) is 28.1. The van der Waals surface area contributed by atoms with E-state index in [0.717, 1.165) is 12.5 Å². The monoisotopic (exact) mass is 1170 g/mol. The van der Waals surface area contributed by atoms with Crippen LogP contribution in [0.3, 0.4) is 0 Å². The van der Waals surface area contributed by atoms with Gasteiger partial charge in [-0.05, 0) is 73.5 Å². The molecule has 0 aliphatic carbocycles. The molecule has 5 saturated heterocycles. The van der Waals surface area contributed by atoms with E-state index >= 15 is 8.78 Å². The molecule has 8 aliphatic heterocycles. The summed E-state index contributed by atoms with van der Waals surface area (Å²) in [5.41, 5.74) is -1.02. The molecule has 4 aromatic heterocycles. The van der Waals surface area contributed by atoms with E-state index in [0.29, 0.717) is 69.7 Å². The summed E-state index contributed by atoms with van der Waals surface area (Å²) >= 11 is 0. The largest absolute Gasteiger partial charge is 0.508 e. The number of amides is 3. The average molecular weight is 1180 g/mol. The maximum Gasteiger partial charge on any atom is 0.407 e. The molecule has 5 atom stereocenters. The van der Waals surface area contributed by atoms with E-state index in [4.69, 9.17) is 40.1 Å². The number of piperidine rings is 1. The molecular formula is C61H53F3N10O12. The molecule has 22 nitrogen and oxygen atoms in total. The number of aromatic nitrogens is 5. The van der Waals surface area contributed by atoms with Crippen LogP contribution >= 0.6 is 0 Å². The predicted molar refractivity (Wildman–Crippen MR) is 301 cm³/mol. The Balaban J connectivity index is 0.649. The Hall–Kier alpha value is -9.54. The number of alkyl halides is 1. The number of aliphatic hydroxyl groups is 1. The van der Waals surface area contributed by atoms with Crippen LogP contribution in [-0.2, 0) is 49.2 Å². The molecular weight excluding hydrogens is 1120 g/mol. The zero-order valence-electron chi connectivity index (χ0n) is 46.1. The Kier molecular flexibility index (Phi) is 12.9. The quantitative estimate of drug-likeness (QED) is 0.0651. The fourth-order valence-corrected chi connectivity index (χ4v) is 13.6. The van der Waals surface area contributed by atoms with Gasteiger partial charge in [0.1, 0.15) is 61.1 Å². The Morgan fingerprint density at radius 3 is 2.57 bits per heavy atom. The number of phenols is 1. The van der Waals surface area contributed by atoms with Gasteiger partial charge in [-0.2, -0.15) is 9.97 Å². The van der Waals surface area contributed by atoms with Gasteiger partial charge in [-0.15, -0.1) is 6.42 Å². The number of aromatic hydroxyl groups is 1. The van der Waals surface area contributed by atoms with Gasteiger partial charge in [0.25, 0.3) is 11.5 Å². The van der Waals surface area contributed by atoms with Crippen molar-refractivity contribution in [1.82, 2.24) is 44.9 Å². The number of terminal acetylenes is 1. The number of piperazine rings is 1. The summed E-state index contributed by atoms with van der Waals surface area (Å²) in [4.78, 5) is 91.6. The first-order valence-corrected chi connectivity index (χ1v) is 28.1. The maximum atomic E-state index is 17.3. The van der Waals surface area contributed by atoms with Crippen LogP contribution in [0.5, 0.6) is 23.3 Å². The number of anilines is 1. The summed E-state index contributed by atoms with van der Waals surface area (Å²) < 4.78 is 76.9. The Morgan fingerprint density at radius 2 is 1.78 bits per heavy atom. The van der Waals surface area contributed by atoms with Crippen molar-refractivity contribution in [1.29, 1.82) is 0 Å². The number of phenolic OH excluding ortho intramolecular Hbond substituents is 1. The maximum absolute atomic E-state index is 17.3. The van der Waals surface area contributed by atoms with Gasteiger partial charge in [0, 0.05) is 77.9 Å². The fraction of sp³-hybridized carbons (Fsp3) is 0.361. The van der Waals surface area contributed by atoms with Gasteiger partial charge < -0.3 is 58.9 Å². The van der Waals surface area contributed by atoms with Crippen LogP contribution in [0.25, 0.3) is 55.2 Å². The number of ether oxygens (including phenoxy) is 5. The van der Waals surface area contributed by atoms with Crippen molar-refractivity contribution in [3.05, 3.63) is 111 Å². The number of fused-ring (bicyclic) bond motifs is 11. The third kappa shape index (κ3) is 8.66. The van der Waals surface area contributed by atoms with Gasteiger partial charge in [0.15, 0.2) is 22.9 Å². The van der Waals surface area contributed by atoms with E-state index in [2.05, 4.69) is 38.0 Å². The molecule has 86 heavy (non-hydrogen) atoms. The van der Waals surface area contributed by atoms with Crippen molar-refractivity contribution < 1.29 is 66.2 Å². The van der Waals surface area contributed by atoms with Crippen LogP contribution in [0.15, 0.2) is 65.6 Å². The van der Waals surface area contributed by atoms with Gasteiger partial charge >= 0.3 is 18.1 Å². The lowest BCUT2D eigenvalue weighted by Crippen LogP contribution is -2.70.